The largest absolute Gasteiger partial charge is 0.438 e. The summed E-state index contributed by atoms with van der Waals surface area (Å²) in [4.78, 5) is 15.7. The second kappa shape index (κ2) is 7.67. The van der Waals surface area contributed by atoms with E-state index in [1.807, 2.05) is 37.3 Å². The van der Waals surface area contributed by atoms with Crippen LogP contribution in [0.25, 0.3) is 11.3 Å². The zero-order chi connectivity index (χ0) is 13.7. The Balaban J connectivity index is 0.00000200. The molecule has 0 bridgehead atoms. The Bertz CT molecular complexity index is 542. The van der Waals surface area contributed by atoms with Crippen LogP contribution in [0.15, 0.2) is 40.9 Å². The Morgan fingerprint density at radius 1 is 1.35 bits per heavy atom. The summed E-state index contributed by atoms with van der Waals surface area (Å²) in [6.07, 6.45) is 1.67. The van der Waals surface area contributed by atoms with Crippen LogP contribution in [0.2, 0.25) is 0 Å². The Kier molecular flexibility index (Phi) is 6.21. The van der Waals surface area contributed by atoms with Gasteiger partial charge in [0, 0.05) is 5.56 Å². The third kappa shape index (κ3) is 4.08. The molecule has 0 saturated heterocycles. The topological polar surface area (TPSA) is 67.2 Å². The van der Waals surface area contributed by atoms with Crippen molar-refractivity contribution in [2.24, 2.45) is 0 Å². The summed E-state index contributed by atoms with van der Waals surface area (Å²) in [6.45, 7) is 2.12. The SMILES string of the molecule is CNCC(=O)NC(C)c1ncc(-c2ccccc2)o1.Cl. The highest BCUT2D eigenvalue weighted by molar-refractivity contribution is 5.85. The number of oxazole rings is 1. The summed E-state index contributed by atoms with van der Waals surface area (Å²) in [5.74, 6) is 1.11. The summed E-state index contributed by atoms with van der Waals surface area (Å²) < 4.78 is 5.66. The molecule has 1 atom stereocenters. The number of aromatic nitrogens is 1. The van der Waals surface area contributed by atoms with Crippen LogP contribution >= 0.6 is 12.4 Å². The Labute approximate surface area is 124 Å². The fourth-order valence-corrected chi connectivity index (χ4v) is 1.74. The number of carbonyl (C=O) groups is 1. The predicted molar refractivity (Wildman–Crippen MR) is 79.7 cm³/mol. The van der Waals surface area contributed by atoms with Gasteiger partial charge in [0.25, 0.3) is 0 Å². The van der Waals surface area contributed by atoms with Crippen molar-refractivity contribution in [2.45, 2.75) is 13.0 Å². The summed E-state index contributed by atoms with van der Waals surface area (Å²) in [5, 5.41) is 5.60. The number of benzene rings is 1. The number of halogens is 1. The van der Waals surface area contributed by atoms with Crippen LogP contribution in [0.3, 0.4) is 0 Å². The van der Waals surface area contributed by atoms with E-state index in [-0.39, 0.29) is 30.9 Å². The van der Waals surface area contributed by atoms with Crippen LogP contribution in [0.4, 0.5) is 0 Å². The molecule has 2 N–H and O–H groups in total. The number of amides is 1. The lowest BCUT2D eigenvalue weighted by atomic mass is 10.2. The number of carbonyl (C=O) groups excluding carboxylic acids is 1. The first-order chi connectivity index (χ1) is 9.20. The first-order valence-corrected chi connectivity index (χ1v) is 6.16. The van der Waals surface area contributed by atoms with Crippen molar-refractivity contribution in [3.8, 4) is 11.3 Å². The summed E-state index contributed by atoms with van der Waals surface area (Å²) in [5.41, 5.74) is 0.968. The lowest BCUT2D eigenvalue weighted by molar-refractivity contribution is -0.120. The van der Waals surface area contributed by atoms with E-state index in [0.29, 0.717) is 11.7 Å². The Morgan fingerprint density at radius 2 is 2.05 bits per heavy atom. The number of likely N-dealkylation sites (N-methyl/N-ethyl adjacent to an activating group) is 1. The molecule has 0 radical (unpaired) electrons. The molecule has 1 aromatic carbocycles. The molecule has 2 aromatic rings. The second-order valence-electron chi connectivity index (χ2n) is 4.25. The summed E-state index contributed by atoms with van der Waals surface area (Å²) >= 11 is 0. The molecule has 2 rings (SSSR count). The van der Waals surface area contributed by atoms with Gasteiger partial charge in [-0.3, -0.25) is 4.79 Å². The van der Waals surface area contributed by atoms with Gasteiger partial charge < -0.3 is 15.1 Å². The molecule has 0 saturated carbocycles. The zero-order valence-corrected chi connectivity index (χ0v) is 12.2. The van der Waals surface area contributed by atoms with Crippen LogP contribution in [-0.4, -0.2) is 24.5 Å². The van der Waals surface area contributed by atoms with Gasteiger partial charge in [0.15, 0.2) is 5.76 Å². The van der Waals surface area contributed by atoms with Crippen molar-refractivity contribution in [3.05, 3.63) is 42.4 Å². The van der Waals surface area contributed by atoms with Crippen molar-refractivity contribution >= 4 is 18.3 Å². The smallest absolute Gasteiger partial charge is 0.234 e. The lowest BCUT2D eigenvalue weighted by Crippen LogP contribution is -2.34. The molecule has 0 fully saturated rings. The van der Waals surface area contributed by atoms with Crippen LogP contribution in [0, 0.1) is 0 Å². The Morgan fingerprint density at radius 3 is 2.70 bits per heavy atom. The van der Waals surface area contributed by atoms with Crippen molar-refractivity contribution in [1.82, 2.24) is 15.6 Å². The van der Waals surface area contributed by atoms with Crippen LogP contribution < -0.4 is 10.6 Å². The van der Waals surface area contributed by atoms with Gasteiger partial charge in [-0.2, -0.15) is 0 Å². The average molecular weight is 296 g/mol. The lowest BCUT2D eigenvalue weighted by Gasteiger charge is -2.09. The minimum atomic E-state index is -0.252. The molecule has 0 aliphatic rings. The second-order valence-corrected chi connectivity index (χ2v) is 4.25. The summed E-state index contributed by atoms with van der Waals surface area (Å²) in [6, 6.07) is 9.48. The molecule has 0 aliphatic heterocycles. The first kappa shape index (κ1) is 16.2. The minimum absolute atomic E-state index is 0. The molecule has 1 heterocycles. The summed E-state index contributed by atoms with van der Waals surface area (Å²) in [7, 11) is 1.73. The van der Waals surface area contributed by atoms with Crippen molar-refractivity contribution < 1.29 is 9.21 Å². The maximum atomic E-state index is 11.5. The third-order valence-electron chi connectivity index (χ3n) is 2.67. The zero-order valence-electron chi connectivity index (χ0n) is 11.4. The monoisotopic (exact) mass is 295 g/mol. The molecule has 0 spiro atoms. The predicted octanol–water partition coefficient (Wildman–Crippen LogP) is 2.16. The van der Waals surface area contributed by atoms with Gasteiger partial charge in [-0.25, -0.2) is 4.98 Å². The van der Waals surface area contributed by atoms with Crippen molar-refractivity contribution in [3.63, 3.8) is 0 Å². The number of hydrogen-bond acceptors (Lipinski definition) is 4. The van der Waals surface area contributed by atoms with Crippen molar-refractivity contribution in [1.29, 1.82) is 0 Å². The van der Waals surface area contributed by atoms with E-state index in [4.69, 9.17) is 4.42 Å². The molecular formula is C14H18ClN3O2. The number of nitrogens with zero attached hydrogens (tertiary/aromatic N) is 1. The van der Waals surface area contributed by atoms with Crippen LogP contribution in [-0.2, 0) is 4.79 Å². The van der Waals surface area contributed by atoms with Crippen molar-refractivity contribution in [2.75, 3.05) is 13.6 Å². The molecular weight excluding hydrogens is 278 g/mol. The van der Waals surface area contributed by atoms with Gasteiger partial charge in [-0.1, -0.05) is 30.3 Å². The van der Waals surface area contributed by atoms with Gasteiger partial charge >= 0.3 is 0 Å². The molecule has 1 unspecified atom stereocenters. The quantitative estimate of drug-likeness (QED) is 0.887. The number of nitrogens with one attached hydrogen (secondary N) is 2. The molecule has 20 heavy (non-hydrogen) atoms. The van der Waals surface area contributed by atoms with Gasteiger partial charge in [0.2, 0.25) is 11.8 Å². The van der Waals surface area contributed by atoms with Gasteiger partial charge in [0.05, 0.1) is 12.7 Å². The highest BCUT2D eigenvalue weighted by atomic mass is 35.5. The fourth-order valence-electron chi connectivity index (χ4n) is 1.74. The van der Waals surface area contributed by atoms with Crippen LogP contribution in [0.5, 0.6) is 0 Å². The average Bonchev–Trinajstić information content (AvgIpc) is 2.89. The van der Waals surface area contributed by atoms with Crippen LogP contribution in [0.1, 0.15) is 18.9 Å². The fraction of sp³-hybridized carbons (Fsp3) is 0.286. The first-order valence-electron chi connectivity index (χ1n) is 6.16. The standard InChI is InChI=1S/C14H17N3O2.ClH/c1-10(17-13(18)9-15-2)14-16-8-12(19-14)11-6-4-3-5-7-11;/h3-8,10,15H,9H2,1-2H3,(H,17,18);1H. The maximum absolute atomic E-state index is 11.5. The normalized spacial score (nSPS) is 11.5. The molecule has 5 nitrogen and oxygen atoms in total. The number of rotatable bonds is 5. The van der Waals surface area contributed by atoms with E-state index in [2.05, 4.69) is 15.6 Å². The Hall–Kier alpha value is -1.85. The molecule has 1 amide bonds. The number of hydrogen-bond donors (Lipinski definition) is 2. The van der Waals surface area contributed by atoms with E-state index in [0.717, 1.165) is 5.56 Å². The molecule has 0 aliphatic carbocycles. The van der Waals surface area contributed by atoms with Gasteiger partial charge in [0.1, 0.15) is 6.04 Å². The third-order valence-corrected chi connectivity index (χ3v) is 2.67. The van der Waals surface area contributed by atoms with E-state index < -0.39 is 0 Å². The van der Waals surface area contributed by atoms with E-state index in [1.165, 1.54) is 0 Å². The maximum Gasteiger partial charge on any atom is 0.234 e. The minimum Gasteiger partial charge on any atom is -0.438 e. The van der Waals surface area contributed by atoms with E-state index in [9.17, 15) is 4.79 Å². The molecule has 108 valence electrons. The van der Waals surface area contributed by atoms with Gasteiger partial charge in [-0.15, -0.1) is 12.4 Å². The van der Waals surface area contributed by atoms with E-state index in [1.54, 1.807) is 13.2 Å². The molecule has 6 heteroatoms. The highest BCUT2D eigenvalue weighted by Crippen LogP contribution is 2.22. The van der Waals surface area contributed by atoms with E-state index >= 15 is 0 Å². The highest BCUT2D eigenvalue weighted by Gasteiger charge is 2.15. The van der Waals surface area contributed by atoms with Gasteiger partial charge in [-0.05, 0) is 14.0 Å². The molecule has 1 aromatic heterocycles.